The third-order valence-electron chi connectivity index (χ3n) is 5.60. The van der Waals surface area contributed by atoms with Crippen LogP contribution in [-0.2, 0) is 11.2 Å². The number of ether oxygens (including phenoxy) is 1. The lowest BCUT2D eigenvalue weighted by atomic mass is 9.98. The highest BCUT2D eigenvalue weighted by atomic mass is 16.5. The number of aryl methyl sites for hydroxylation is 1. The first-order valence-electron chi connectivity index (χ1n) is 11.1. The van der Waals surface area contributed by atoms with Gasteiger partial charge in [0, 0.05) is 0 Å². The van der Waals surface area contributed by atoms with Crippen LogP contribution in [0, 0.1) is 6.92 Å². The van der Waals surface area contributed by atoms with Crippen molar-refractivity contribution < 1.29 is 9.53 Å². The van der Waals surface area contributed by atoms with E-state index in [0.717, 1.165) is 18.4 Å². The van der Waals surface area contributed by atoms with Gasteiger partial charge in [0.1, 0.15) is 0 Å². The van der Waals surface area contributed by atoms with Crippen LogP contribution >= 0.6 is 0 Å². The van der Waals surface area contributed by atoms with Crippen LogP contribution in [0.3, 0.4) is 0 Å². The normalized spacial score (nSPS) is 14.4. The van der Waals surface area contributed by atoms with Crippen molar-refractivity contribution in [2.75, 3.05) is 6.61 Å². The molecule has 0 heterocycles. The molecular formula is C29H32O2. The maximum Gasteiger partial charge on any atom is 0.338 e. The first-order chi connectivity index (χ1) is 15.1. The van der Waals surface area contributed by atoms with E-state index < -0.39 is 0 Å². The number of carbonyl (C=O) groups is 1. The van der Waals surface area contributed by atoms with Crippen LogP contribution in [0.5, 0.6) is 0 Å². The molecule has 0 aromatic heterocycles. The van der Waals surface area contributed by atoms with Crippen LogP contribution in [0.4, 0.5) is 0 Å². The maximum atomic E-state index is 11.1. The van der Waals surface area contributed by atoms with E-state index in [9.17, 15) is 4.79 Å². The van der Waals surface area contributed by atoms with Crippen molar-refractivity contribution in [1.82, 2.24) is 0 Å². The second-order valence-corrected chi connectivity index (χ2v) is 8.01. The molecule has 31 heavy (non-hydrogen) atoms. The number of hydrogen-bond acceptors (Lipinski definition) is 2. The average molecular weight is 413 g/mol. The molecule has 2 nitrogen and oxygen atoms in total. The molecule has 0 aliphatic heterocycles. The molecule has 4 rings (SSSR count). The highest BCUT2D eigenvalue weighted by Gasteiger charge is 2.12. The van der Waals surface area contributed by atoms with E-state index in [2.05, 4.69) is 61.6 Å². The maximum absolute atomic E-state index is 11.1. The Bertz CT molecular complexity index is 1020. The minimum absolute atomic E-state index is 0.252. The van der Waals surface area contributed by atoms with Gasteiger partial charge >= 0.3 is 5.97 Å². The van der Waals surface area contributed by atoms with E-state index in [0.29, 0.717) is 12.2 Å². The summed E-state index contributed by atoms with van der Waals surface area (Å²) in [5.74, 6) is -0.252. The Kier molecular flexibility index (Phi) is 8.23. The van der Waals surface area contributed by atoms with Crippen LogP contribution in [0.1, 0.15) is 60.2 Å². The summed E-state index contributed by atoms with van der Waals surface area (Å²) < 4.78 is 4.83. The van der Waals surface area contributed by atoms with Crippen molar-refractivity contribution in [3.63, 3.8) is 0 Å². The molecule has 0 spiro atoms. The first kappa shape index (κ1) is 22.6. The standard InChI is InChI=1S/C19H20.C10H12O2/c1-15-7-3-2-4-8-17(15)12-11-16-13-18-9-5-6-10-19(18)14-16;1-3-12-10(11)9-6-4-8(2)5-7-9/h2-3,5-10,13H,4,11-12,14H2,1H3;4-7H,3H2,1-2H3. The second-order valence-electron chi connectivity index (χ2n) is 8.01. The van der Waals surface area contributed by atoms with E-state index >= 15 is 0 Å². The van der Waals surface area contributed by atoms with Crippen molar-refractivity contribution in [3.05, 3.63) is 112 Å². The minimum atomic E-state index is -0.252. The lowest BCUT2D eigenvalue weighted by molar-refractivity contribution is 0.0526. The molecular weight excluding hydrogens is 380 g/mol. The molecule has 0 atom stereocenters. The van der Waals surface area contributed by atoms with Crippen LogP contribution in [0.2, 0.25) is 0 Å². The van der Waals surface area contributed by atoms with Gasteiger partial charge < -0.3 is 4.74 Å². The summed E-state index contributed by atoms with van der Waals surface area (Å²) >= 11 is 0. The number of benzene rings is 2. The molecule has 0 unspecified atom stereocenters. The first-order valence-corrected chi connectivity index (χ1v) is 11.1. The Morgan fingerprint density at radius 3 is 2.52 bits per heavy atom. The quantitative estimate of drug-likeness (QED) is 0.478. The van der Waals surface area contributed by atoms with Gasteiger partial charge in [-0.1, -0.05) is 77.9 Å². The van der Waals surface area contributed by atoms with E-state index in [1.165, 1.54) is 35.1 Å². The Morgan fingerprint density at radius 1 is 1.00 bits per heavy atom. The molecule has 0 fully saturated rings. The fraction of sp³-hybridized carbons (Fsp3) is 0.276. The van der Waals surface area contributed by atoms with Gasteiger partial charge in [-0.2, -0.15) is 0 Å². The SMILES string of the molecule is CC1=CC=CCC=C1CCC1=Cc2ccccc2C1.CCOC(=O)c1ccc(C)cc1. The van der Waals surface area contributed by atoms with Gasteiger partial charge in [0.15, 0.2) is 0 Å². The summed E-state index contributed by atoms with van der Waals surface area (Å²) in [5.41, 5.74) is 9.17. The van der Waals surface area contributed by atoms with E-state index in [1.807, 2.05) is 19.1 Å². The van der Waals surface area contributed by atoms with E-state index in [1.54, 1.807) is 24.6 Å². The molecule has 160 valence electrons. The average Bonchev–Trinajstić information content (AvgIpc) is 3.08. The number of hydrogen-bond donors (Lipinski definition) is 0. The topological polar surface area (TPSA) is 26.3 Å². The molecule has 2 aliphatic carbocycles. The molecule has 2 aromatic carbocycles. The van der Waals surface area contributed by atoms with Gasteiger partial charge in [0.05, 0.1) is 12.2 Å². The highest BCUT2D eigenvalue weighted by Crippen LogP contribution is 2.30. The number of carbonyl (C=O) groups excluding carboxylic acids is 1. The van der Waals surface area contributed by atoms with Gasteiger partial charge in [0.25, 0.3) is 0 Å². The Morgan fingerprint density at radius 2 is 1.77 bits per heavy atom. The zero-order valence-corrected chi connectivity index (χ0v) is 18.9. The van der Waals surface area contributed by atoms with Crippen molar-refractivity contribution in [2.24, 2.45) is 0 Å². The molecule has 0 amide bonds. The lowest BCUT2D eigenvalue weighted by Crippen LogP contribution is -2.03. The number of esters is 1. The monoisotopic (exact) mass is 412 g/mol. The van der Waals surface area contributed by atoms with Gasteiger partial charge in [0.2, 0.25) is 0 Å². The molecule has 0 bridgehead atoms. The minimum Gasteiger partial charge on any atom is -0.462 e. The number of rotatable bonds is 5. The summed E-state index contributed by atoms with van der Waals surface area (Å²) in [6, 6.07) is 16.1. The summed E-state index contributed by atoms with van der Waals surface area (Å²) in [6.07, 6.45) is 16.0. The summed E-state index contributed by atoms with van der Waals surface area (Å²) in [7, 11) is 0. The van der Waals surface area contributed by atoms with Crippen LogP contribution in [0.25, 0.3) is 6.08 Å². The van der Waals surface area contributed by atoms with Crippen molar-refractivity contribution in [1.29, 1.82) is 0 Å². The van der Waals surface area contributed by atoms with Crippen molar-refractivity contribution in [3.8, 4) is 0 Å². The largest absolute Gasteiger partial charge is 0.462 e. The number of allylic oxidation sites excluding steroid dienone is 7. The van der Waals surface area contributed by atoms with Crippen LogP contribution < -0.4 is 0 Å². The Hall–Kier alpha value is -3.13. The fourth-order valence-electron chi connectivity index (χ4n) is 3.78. The Labute approximate surface area is 186 Å². The van der Waals surface area contributed by atoms with Crippen LogP contribution in [-0.4, -0.2) is 12.6 Å². The fourth-order valence-corrected chi connectivity index (χ4v) is 3.78. The zero-order valence-electron chi connectivity index (χ0n) is 18.9. The predicted octanol–water partition coefficient (Wildman–Crippen LogP) is 7.41. The van der Waals surface area contributed by atoms with E-state index in [4.69, 9.17) is 4.74 Å². The van der Waals surface area contributed by atoms with Crippen molar-refractivity contribution in [2.45, 2.75) is 46.5 Å². The molecule has 0 radical (unpaired) electrons. The summed E-state index contributed by atoms with van der Waals surface area (Å²) in [4.78, 5) is 11.1. The molecule has 0 saturated heterocycles. The summed E-state index contributed by atoms with van der Waals surface area (Å²) in [6.45, 7) is 6.42. The van der Waals surface area contributed by atoms with Gasteiger partial charge in [-0.3, -0.25) is 0 Å². The second kappa shape index (κ2) is 11.3. The van der Waals surface area contributed by atoms with Crippen LogP contribution in [0.15, 0.2) is 89.6 Å². The van der Waals surface area contributed by atoms with Gasteiger partial charge in [-0.15, -0.1) is 0 Å². The predicted molar refractivity (Wildman–Crippen MR) is 130 cm³/mol. The van der Waals surface area contributed by atoms with Gasteiger partial charge in [-0.25, -0.2) is 4.79 Å². The van der Waals surface area contributed by atoms with E-state index in [-0.39, 0.29) is 5.97 Å². The third-order valence-corrected chi connectivity index (χ3v) is 5.60. The summed E-state index contributed by atoms with van der Waals surface area (Å²) in [5, 5.41) is 0. The third kappa shape index (κ3) is 6.68. The number of fused-ring (bicyclic) bond motifs is 1. The smallest absolute Gasteiger partial charge is 0.338 e. The Balaban J connectivity index is 0.000000196. The van der Waals surface area contributed by atoms with Crippen molar-refractivity contribution >= 4 is 12.0 Å². The molecule has 2 aliphatic rings. The zero-order chi connectivity index (χ0) is 22.1. The highest BCUT2D eigenvalue weighted by molar-refractivity contribution is 5.89. The van der Waals surface area contributed by atoms with Gasteiger partial charge in [-0.05, 0) is 80.9 Å². The lowest BCUT2D eigenvalue weighted by Gasteiger charge is -2.08. The molecule has 2 heteroatoms. The molecule has 2 aromatic rings. The molecule has 0 N–H and O–H groups in total. The molecule has 0 saturated carbocycles.